The summed E-state index contributed by atoms with van der Waals surface area (Å²) in [5, 5.41) is 7.47. The van der Waals surface area contributed by atoms with Crippen molar-refractivity contribution in [3.8, 4) is 0 Å². The zero-order valence-corrected chi connectivity index (χ0v) is 9.24. The Hall–Kier alpha value is -2.36. The Morgan fingerprint density at radius 3 is 2.82 bits per heavy atom. The Kier molecular flexibility index (Phi) is 2.46. The summed E-state index contributed by atoms with van der Waals surface area (Å²) in [4.78, 5) is 4.22. The SMILES string of the molecule is c1ccc(CNc2cccn3ncnc23)cc1. The summed E-state index contributed by atoms with van der Waals surface area (Å²) in [5.74, 6) is 0. The van der Waals surface area contributed by atoms with E-state index in [0.29, 0.717) is 0 Å². The van der Waals surface area contributed by atoms with Gasteiger partial charge in [-0.05, 0) is 17.7 Å². The fourth-order valence-corrected chi connectivity index (χ4v) is 1.78. The fourth-order valence-electron chi connectivity index (χ4n) is 1.78. The third-order valence-electron chi connectivity index (χ3n) is 2.63. The van der Waals surface area contributed by atoms with Gasteiger partial charge in [0.15, 0.2) is 5.65 Å². The van der Waals surface area contributed by atoms with Gasteiger partial charge in [0.25, 0.3) is 0 Å². The van der Waals surface area contributed by atoms with Crippen LogP contribution in [0.3, 0.4) is 0 Å². The first-order valence-electron chi connectivity index (χ1n) is 5.49. The monoisotopic (exact) mass is 224 g/mol. The van der Waals surface area contributed by atoms with Crippen LogP contribution in [0.15, 0.2) is 55.0 Å². The van der Waals surface area contributed by atoms with Gasteiger partial charge in [0.2, 0.25) is 0 Å². The molecule has 0 radical (unpaired) electrons. The molecular formula is C13H12N4. The third kappa shape index (κ3) is 1.97. The Morgan fingerprint density at radius 2 is 1.94 bits per heavy atom. The lowest BCUT2D eigenvalue weighted by atomic mass is 10.2. The van der Waals surface area contributed by atoms with Gasteiger partial charge in [0.1, 0.15) is 6.33 Å². The predicted octanol–water partition coefficient (Wildman–Crippen LogP) is 2.34. The second kappa shape index (κ2) is 4.25. The molecule has 0 spiro atoms. The number of anilines is 1. The van der Waals surface area contributed by atoms with E-state index in [-0.39, 0.29) is 0 Å². The first kappa shape index (κ1) is 9.84. The molecule has 0 atom stereocenters. The van der Waals surface area contributed by atoms with Crippen LogP contribution in [0.2, 0.25) is 0 Å². The first-order valence-corrected chi connectivity index (χ1v) is 5.49. The molecule has 0 amide bonds. The molecule has 0 aliphatic heterocycles. The minimum absolute atomic E-state index is 0.785. The summed E-state index contributed by atoms with van der Waals surface area (Å²) in [6, 6.07) is 14.2. The topological polar surface area (TPSA) is 42.2 Å². The number of aromatic nitrogens is 3. The maximum atomic E-state index is 4.22. The zero-order valence-electron chi connectivity index (χ0n) is 9.24. The average Bonchev–Trinajstić information content (AvgIpc) is 2.86. The van der Waals surface area contributed by atoms with Crippen LogP contribution in [0.25, 0.3) is 5.65 Å². The Labute approximate surface area is 98.9 Å². The van der Waals surface area contributed by atoms with E-state index in [1.165, 1.54) is 5.56 Å². The highest BCUT2D eigenvalue weighted by Gasteiger charge is 2.01. The highest BCUT2D eigenvalue weighted by atomic mass is 15.3. The van der Waals surface area contributed by atoms with Crippen LogP contribution in [0, 0.1) is 0 Å². The van der Waals surface area contributed by atoms with Crippen molar-refractivity contribution in [1.82, 2.24) is 14.6 Å². The molecule has 4 heteroatoms. The quantitative estimate of drug-likeness (QED) is 0.742. The highest BCUT2D eigenvalue weighted by Crippen LogP contribution is 2.14. The van der Waals surface area contributed by atoms with Gasteiger partial charge in [-0.2, -0.15) is 5.10 Å². The van der Waals surface area contributed by atoms with E-state index >= 15 is 0 Å². The second-order valence-electron chi connectivity index (χ2n) is 3.79. The number of hydrogen-bond acceptors (Lipinski definition) is 3. The Bertz CT molecular complexity index is 615. The molecule has 0 bridgehead atoms. The zero-order chi connectivity index (χ0) is 11.5. The molecule has 4 nitrogen and oxygen atoms in total. The van der Waals surface area contributed by atoms with E-state index in [2.05, 4.69) is 27.5 Å². The van der Waals surface area contributed by atoms with Crippen molar-refractivity contribution in [2.24, 2.45) is 0 Å². The summed E-state index contributed by atoms with van der Waals surface area (Å²) >= 11 is 0. The average molecular weight is 224 g/mol. The van der Waals surface area contributed by atoms with Crippen molar-refractivity contribution in [3.05, 3.63) is 60.6 Å². The molecule has 0 aliphatic rings. The molecule has 0 saturated heterocycles. The van der Waals surface area contributed by atoms with E-state index in [0.717, 1.165) is 17.9 Å². The van der Waals surface area contributed by atoms with Crippen LogP contribution in [-0.2, 0) is 6.54 Å². The Morgan fingerprint density at radius 1 is 1.06 bits per heavy atom. The number of fused-ring (bicyclic) bond motifs is 1. The lowest BCUT2D eigenvalue weighted by molar-refractivity contribution is 0.959. The van der Waals surface area contributed by atoms with Gasteiger partial charge < -0.3 is 5.32 Å². The number of nitrogens with zero attached hydrogens (tertiary/aromatic N) is 3. The summed E-state index contributed by atoms with van der Waals surface area (Å²) in [6.45, 7) is 0.785. The van der Waals surface area contributed by atoms with Crippen molar-refractivity contribution in [1.29, 1.82) is 0 Å². The van der Waals surface area contributed by atoms with Crippen LogP contribution >= 0.6 is 0 Å². The summed E-state index contributed by atoms with van der Waals surface area (Å²) < 4.78 is 1.76. The third-order valence-corrected chi connectivity index (χ3v) is 2.63. The highest BCUT2D eigenvalue weighted by molar-refractivity contribution is 5.66. The van der Waals surface area contributed by atoms with Crippen molar-refractivity contribution < 1.29 is 0 Å². The van der Waals surface area contributed by atoms with E-state index in [1.807, 2.05) is 36.5 Å². The van der Waals surface area contributed by atoms with Gasteiger partial charge >= 0.3 is 0 Å². The van der Waals surface area contributed by atoms with E-state index in [9.17, 15) is 0 Å². The van der Waals surface area contributed by atoms with Crippen molar-refractivity contribution in [3.63, 3.8) is 0 Å². The molecule has 17 heavy (non-hydrogen) atoms. The molecular weight excluding hydrogens is 212 g/mol. The summed E-state index contributed by atoms with van der Waals surface area (Å²) in [7, 11) is 0. The summed E-state index contributed by atoms with van der Waals surface area (Å²) in [5.41, 5.74) is 3.09. The van der Waals surface area contributed by atoms with E-state index < -0.39 is 0 Å². The molecule has 0 aliphatic carbocycles. The lowest BCUT2D eigenvalue weighted by Gasteiger charge is -2.06. The van der Waals surface area contributed by atoms with Gasteiger partial charge in [0.05, 0.1) is 5.69 Å². The van der Waals surface area contributed by atoms with Gasteiger partial charge in [-0.3, -0.25) is 0 Å². The summed E-state index contributed by atoms with van der Waals surface area (Å²) in [6.07, 6.45) is 3.44. The molecule has 3 rings (SSSR count). The van der Waals surface area contributed by atoms with Crippen LogP contribution in [0.5, 0.6) is 0 Å². The van der Waals surface area contributed by atoms with E-state index in [4.69, 9.17) is 0 Å². The fraction of sp³-hybridized carbons (Fsp3) is 0.0769. The number of nitrogens with one attached hydrogen (secondary N) is 1. The van der Waals surface area contributed by atoms with Crippen molar-refractivity contribution in [2.45, 2.75) is 6.54 Å². The van der Waals surface area contributed by atoms with Gasteiger partial charge in [-0.15, -0.1) is 0 Å². The largest absolute Gasteiger partial charge is 0.378 e. The van der Waals surface area contributed by atoms with Crippen molar-refractivity contribution >= 4 is 11.3 Å². The number of pyridine rings is 1. The van der Waals surface area contributed by atoms with Crippen LogP contribution in [-0.4, -0.2) is 14.6 Å². The van der Waals surface area contributed by atoms with Crippen LogP contribution < -0.4 is 5.32 Å². The molecule has 2 heterocycles. The van der Waals surface area contributed by atoms with Gasteiger partial charge in [0, 0.05) is 12.7 Å². The molecule has 1 N–H and O–H groups in total. The smallest absolute Gasteiger partial charge is 0.178 e. The van der Waals surface area contributed by atoms with Crippen LogP contribution in [0.1, 0.15) is 5.56 Å². The predicted molar refractivity (Wildman–Crippen MR) is 66.8 cm³/mol. The first-order chi connectivity index (χ1) is 8.43. The maximum absolute atomic E-state index is 4.22. The number of benzene rings is 1. The molecule has 2 aromatic heterocycles. The lowest BCUT2D eigenvalue weighted by Crippen LogP contribution is -2.01. The maximum Gasteiger partial charge on any atom is 0.178 e. The normalized spacial score (nSPS) is 10.6. The molecule has 84 valence electrons. The molecule has 0 saturated carbocycles. The Balaban J connectivity index is 1.84. The standard InChI is InChI=1S/C13H12N4/c1-2-5-11(6-3-1)9-14-12-7-4-8-17-13(12)15-10-16-17/h1-8,10,14H,9H2. The number of hydrogen-bond donors (Lipinski definition) is 1. The van der Waals surface area contributed by atoms with Gasteiger partial charge in [-0.1, -0.05) is 30.3 Å². The minimum atomic E-state index is 0.785. The number of rotatable bonds is 3. The minimum Gasteiger partial charge on any atom is -0.378 e. The molecule has 3 aromatic rings. The van der Waals surface area contributed by atoms with E-state index in [1.54, 1.807) is 10.8 Å². The second-order valence-corrected chi connectivity index (χ2v) is 3.79. The van der Waals surface area contributed by atoms with Crippen molar-refractivity contribution in [2.75, 3.05) is 5.32 Å². The molecule has 0 fully saturated rings. The van der Waals surface area contributed by atoms with Crippen LogP contribution in [0.4, 0.5) is 5.69 Å². The molecule has 1 aromatic carbocycles. The molecule has 0 unspecified atom stereocenters. The van der Waals surface area contributed by atoms with Gasteiger partial charge in [-0.25, -0.2) is 9.50 Å².